The second-order valence-corrected chi connectivity index (χ2v) is 7.67. The Labute approximate surface area is 203 Å². The standard InChI is InChI=1S/C19H27N5O12/c25-7-11(16(33)20-6-15(31)32)24-19(36)10(5-14(29)30)23-18(35)9(2-4-13(27)28)22-17(34)8-1-3-12(26)21-8/h8-11,25H,1-7H2,(H,20,33)(H,21,26)(H,22,34)(H,23,35)(H,24,36)(H,27,28)(H,29,30)(H,31,32)/t8-,9-,10-,11-/m0/s1. The number of aliphatic hydroxyl groups is 1. The third-order valence-electron chi connectivity index (χ3n) is 4.83. The van der Waals surface area contributed by atoms with Crippen LogP contribution in [0.5, 0.6) is 0 Å². The van der Waals surface area contributed by atoms with Gasteiger partial charge in [-0.1, -0.05) is 0 Å². The number of hydrogen-bond donors (Lipinski definition) is 9. The van der Waals surface area contributed by atoms with Gasteiger partial charge in [0, 0.05) is 12.8 Å². The predicted octanol–water partition coefficient (Wildman–Crippen LogP) is -4.75. The minimum atomic E-state index is -1.83. The van der Waals surface area contributed by atoms with E-state index < -0.39 is 104 Å². The lowest BCUT2D eigenvalue weighted by molar-refractivity contribution is -0.142. The normalized spacial score (nSPS) is 17.0. The van der Waals surface area contributed by atoms with Crippen LogP contribution in [0.2, 0.25) is 0 Å². The van der Waals surface area contributed by atoms with Crippen LogP contribution in [-0.2, 0) is 38.4 Å². The van der Waals surface area contributed by atoms with Crippen molar-refractivity contribution in [2.24, 2.45) is 0 Å². The molecule has 1 fully saturated rings. The zero-order chi connectivity index (χ0) is 27.4. The summed E-state index contributed by atoms with van der Waals surface area (Å²) in [6.45, 7) is -1.82. The zero-order valence-electron chi connectivity index (χ0n) is 18.8. The Morgan fingerprint density at radius 1 is 0.833 bits per heavy atom. The summed E-state index contributed by atoms with van der Waals surface area (Å²) >= 11 is 0. The van der Waals surface area contributed by atoms with E-state index in [2.05, 4.69) is 16.0 Å². The van der Waals surface area contributed by atoms with Gasteiger partial charge in [0.25, 0.3) is 0 Å². The monoisotopic (exact) mass is 517 g/mol. The molecule has 36 heavy (non-hydrogen) atoms. The van der Waals surface area contributed by atoms with E-state index in [0.717, 1.165) is 0 Å². The highest BCUT2D eigenvalue weighted by atomic mass is 16.4. The van der Waals surface area contributed by atoms with Crippen LogP contribution in [0, 0.1) is 0 Å². The summed E-state index contributed by atoms with van der Waals surface area (Å²) in [6.07, 6.45) is -1.82. The first-order valence-corrected chi connectivity index (χ1v) is 10.6. The quantitative estimate of drug-likeness (QED) is 0.0990. The molecule has 9 N–H and O–H groups in total. The van der Waals surface area contributed by atoms with Crippen molar-refractivity contribution in [3.63, 3.8) is 0 Å². The van der Waals surface area contributed by atoms with Crippen molar-refractivity contribution in [2.75, 3.05) is 13.2 Å². The molecule has 1 rings (SSSR count). The Morgan fingerprint density at radius 3 is 1.94 bits per heavy atom. The number of nitrogens with one attached hydrogen (secondary N) is 5. The highest BCUT2D eigenvalue weighted by molar-refractivity contribution is 5.97. The first-order chi connectivity index (χ1) is 16.8. The molecule has 0 spiro atoms. The molecule has 0 radical (unpaired) electrons. The highest BCUT2D eigenvalue weighted by Gasteiger charge is 2.33. The lowest BCUT2D eigenvalue weighted by Crippen LogP contribution is -2.58. The summed E-state index contributed by atoms with van der Waals surface area (Å²) in [7, 11) is 0. The van der Waals surface area contributed by atoms with E-state index in [1.54, 1.807) is 0 Å². The van der Waals surface area contributed by atoms with Crippen LogP contribution in [0.1, 0.15) is 32.1 Å². The smallest absolute Gasteiger partial charge is 0.322 e. The van der Waals surface area contributed by atoms with Crippen LogP contribution in [0.3, 0.4) is 0 Å². The molecule has 4 atom stereocenters. The van der Waals surface area contributed by atoms with E-state index in [1.807, 2.05) is 10.6 Å². The van der Waals surface area contributed by atoms with Gasteiger partial charge in [0.2, 0.25) is 29.5 Å². The SMILES string of the molecule is O=C(O)CC[C@H](NC(=O)[C@@H]1CCC(=O)N1)C(=O)N[C@@H](CC(=O)O)C(=O)N[C@@H](CO)C(=O)NCC(=O)O. The maximum atomic E-state index is 12.8. The van der Waals surface area contributed by atoms with Crippen LogP contribution < -0.4 is 26.6 Å². The first-order valence-electron chi connectivity index (χ1n) is 10.6. The number of carbonyl (C=O) groups is 8. The fourth-order valence-electron chi connectivity index (χ4n) is 3.03. The molecule has 200 valence electrons. The average Bonchev–Trinajstić information content (AvgIpc) is 3.23. The first kappa shape index (κ1) is 29.8. The lowest BCUT2D eigenvalue weighted by atomic mass is 10.1. The van der Waals surface area contributed by atoms with Crippen molar-refractivity contribution >= 4 is 47.4 Å². The predicted molar refractivity (Wildman–Crippen MR) is 114 cm³/mol. The van der Waals surface area contributed by atoms with Crippen LogP contribution in [-0.4, -0.2) is 105 Å². The minimum absolute atomic E-state index is 0.0665. The average molecular weight is 517 g/mol. The Morgan fingerprint density at radius 2 is 1.44 bits per heavy atom. The summed E-state index contributed by atoms with van der Waals surface area (Å²) in [4.78, 5) is 93.7. The lowest BCUT2D eigenvalue weighted by Gasteiger charge is -2.24. The molecule has 0 unspecified atom stereocenters. The van der Waals surface area contributed by atoms with Gasteiger partial charge in [-0.2, -0.15) is 0 Å². The van der Waals surface area contributed by atoms with Gasteiger partial charge in [0.15, 0.2) is 0 Å². The summed E-state index contributed by atoms with van der Waals surface area (Å²) in [5, 5.41) is 46.5. The molecule has 0 aromatic carbocycles. The molecule has 1 aliphatic rings. The van der Waals surface area contributed by atoms with E-state index in [4.69, 9.17) is 15.3 Å². The summed E-state index contributed by atoms with van der Waals surface area (Å²) < 4.78 is 0. The Balaban J connectivity index is 2.95. The third kappa shape index (κ3) is 10.3. The number of carbonyl (C=O) groups excluding carboxylic acids is 5. The van der Waals surface area contributed by atoms with Crippen molar-refractivity contribution in [1.82, 2.24) is 26.6 Å². The molecular formula is C19H27N5O12. The Kier molecular flexibility index (Phi) is 11.7. The molecule has 1 heterocycles. The van der Waals surface area contributed by atoms with Gasteiger partial charge in [0.1, 0.15) is 30.7 Å². The van der Waals surface area contributed by atoms with Gasteiger partial charge in [-0.15, -0.1) is 0 Å². The summed E-state index contributed by atoms with van der Waals surface area (Å²) in [5.74, 6) is -8.91. The van der Waals surface area contributed by atoms with Crippen molar-refractivity contribution in [1.29, 1.82) is 0 Å². The largest absolute Gasteiger partial charge is 0.481 e. The van der Waals surface area contributed by atoms with Gasteiger partial charge in [-0.05, 0) is 12.8 Å². The zero-order valence-corrected chi connectivity index (χ0v) is 18.8. The van der Waals surface area contributed by atoms with E-state index in [-0.39, 0.29) is 12.8 Å². The minimum Gasteiger partial charge on any atom is -0.481 e. The second-order valence-electron chi connectivity index (χ2n) is 7.67. The van der Waals surface area contributed by atoms with Gasteiger partial charge in [0.05, 0.1) is 13.0 Å². The fraction of sp³-hybridized carbons (Fsp3) is 0.579. The molecule has 0 aromatic heterocycles. The number of rotatable bonds is 15. The molecule has 1 aliphatic heterocycles. The van der Waals surface area contributed by atoms with Gasteiger partial charge in [-0.3, -0.25) is 38.4 Å². The number of amides is 5. The van der Waals surface area contributed by atoms with Crippen LogP contribution in [0.4, 0.5) is 0 Å². The molecule has 5 amide bonds. The van der Waals surface area contributed by atoms with E-state index in [0.29, 0.717) is 0 Å². The second kappa shape index (κ2) is 14.2. The molecule has 1 saturated heterocycles. The van der Waals surface area contributed by atoms with E-state index >= 15 is 0 Å². The van der Waals surface area contributed by atoms with Crippen molar-refractivity contribution in [3.8, 4) is 0 Å². The number of hydrogen-bond acceptors (Lipinski definition) is 9. The van der Waals surface area contributed by atoms with Gasteiger partial charge < -0.3 is 47.0 Å². The molecular weight excluding hydrogens is 490 g/mol. The Hall–Kier alpha value is -4.28. The number of aliphatic hydroxyl groups excluding tert-OH is 1. The number of carboxylic acids is 3. The number of carboxylic acid groups (broad SMARTS) is 3. The van der Waals surface area contributed by atoms with Crippen molar-refractivity contribution < 1.29 is 58.8 Å². The molecule has 0 aromatic rings. The third-order valence-corrected chi connectivity index (χ3v) is 4.83. The molecule has 17 nitrogen and oxygen atoms in total. The molecule has 17 heteroatoms. The van der Waals surface area contributed by atoms with Crippen LogP contribution in [0.25, 0.3) is 0 Å². The summed E-state index contributed by atoms with van der Waals surface area (Å²) in [6, 6.07) is -6.00. The molecule has 0 aliphatic carbocycles. The maximum Gasteiger partial charge on any atom is 0.322 e. The highest BCUT2D eigenvalue weighted by Crippen LogP contribution is 2.08. The fourth-order valence-corrected chi connectivity index (χ4v) is 3.03. The molecule has 0 bridgehead atoms. The van der Waals surface area contributed by atoms with Gasteiger partial charge >= 0.3 is 17.9 Å². The topological polar surface area (TPSA) is 278 Å². The van der Waals surface area contributed by atoms with E-state index in [1.165, 1.54) is 0 Å². The maximum absolute atomic E-state index is 12.8. The van der Waals surface area contributed by atoms with Gasteiger partial charge in [-0.25, -0.2) is 0 Å². The molecule has 0 saturated carbocycles. The Bertz CT molecular complexity index is 907. The summed E-state index contributed by atoms with van der Waals surface area (Å²) in [5.41, 5.74) is 0. The number of aliphatic carboxylic acids is 3. The van der Waals surface area contributed by atoms with Crippen molar-refractivity contribution in [3.05, 3.63) is 0 Å². The van der Waals surface area contributed by atoms with Crippen LogP contribution >= 0.6 is 0 Å². The van der Waals surface area contributed by atoms with Crippen molar-refractivity contribution in [2.45, 2.75) is 56.3 Å². The van der Waals surface area contributed by atoms with Crippen LogP contribution in [0.15, 0.2) is 0 Å². The van der Waals surface area contributed by atoms with E-state index in [9.17, 15) is 43.5 Å².